The Morgan fingerprint density at radius 2 is 1.79 bits per heavy atom. The Morgan fingerprint density at radius 3 is 2.36 bits per heavy atom. The van der Waals surface area contributed by atoms with E-state index in [1.165, 1.54) is 16.4 Å². The van der Waals surface area contributed by atoms with Gasteiger partial charge in [-0.15, -0.1) is 0 Å². The third-order valence-electron chi connectivity index (χ3n) is 5.16. The molecule has 1 aromatic carbocycles. The van der Waals surface area contributed by atoms with E-state index in [-0.39, 0.29) is 23.2 Å². The van der Waals surface area contributed by atoms with Gasteiger partial charge in [0.2, 0.25) is 10.0 Å². The average molecular weight is 409 g/mol. The predicted molar refractivity (Wildman–Crippen MR) is 104 cm³/mol. The van der Waals surface area contributed by atoms with E-state index in [1.807, 2.05) is 0 Å². The highest BCUT2D eigenvalue weighted by Crippen LogP contribution is 2.30. The summed E-state index contributed by atoms with van der Waals surface area (Å²) in [6.45, 7) is 4.09. The predicted octanol–water partition coefficient (Wildman–Crippen LogP) is 2.28. The van der Waals surface area contributed by atoms with Gasteiger partial charge < -0.3 is 9.64 Å². The molecular weight excluding hydrogens is 380 g/mol. The standard InChI is InChI=1S/C20H28N2O5S/c1-2-27-19(23)11-14-21(15-16-5-6-16)20(24)17-7-9-18(10-8-17)28(25,26)22-12-3-4-13-22/h7-10,16H,2-6,11-15H2,1H3. The number of esters is 1. The quantitative estimate of drug-likeness (QED) is 0.585. The number of carbonyl (C=O) groups is 2. The zero-order valence-corrected chi connectivity index (χ0v) is 17.1. The van der Waals surface area contributed by atoms with Crippen molar-refractivity contribution in [2.45, 2.75) is 43.9 Å². The van der Waals surface area contributed by atoms with Gasteiger partial charge >= 0.3 is 5.97 Å². The molecule has 28 heavy (non-hydrogen) atoms. The maximum absolute atomic E-state index is 12.9. The van der Waals surface area contributed by atoms with Crippen LogP contribution in [0.1, 0.15) is 49.4 Å². The van der Waals surface area contributed by atoms with Gasteiger partial charge in [-0.25, -0.2) is 8.42 Å². The molecule has 2 aliphatic rings. The minimum Gasteiger partial charge on any atom is -0.466 e. The van der Waals surface area contributed by atoms with Gasteiger partial charge in [-0.1, -0.05) is 0 Å². The SMILES string of the molecule is CCOC(=O)CCN(CC1CC1)C(=O)c1ccc(S(=O)(=O)N2CCCC2)cc1. The number of sulfonamides is 1. The van der Waals surface area contributed by atoms with Crippen LogP contribution in [0.15, 0.2) is 29.2 Å². The van der Waals surface area contributed by atoms with Gasteiger partial charge in [-0.2, -0.15) is 4.31 Å². The fraction of sp³-hybridized carbons (Fsp3) is 0.600. The van der Waals surface area contributed by atoms with E-state index in [9.17, 15) is 18.0 Å². The van der Waals surface area contributed by atoms with Crippen LogP contribution in [-0.2, 0) is 19.6 Å². The molecule has 2 fully saturated rings. The minimum atomic E-state index is -3.49. The van der Waals surface area contributed by atoms with Crippen LogP contribution in [0.25, 0.3) is 0 Å². The number of benzene rings is 1. The van der Waals surface area contributed by atoms with Gasteiger partial charge in [0.1, 0.15) is 0 Å². The first-order valence-electron chi connectivity index (χ1n) is 9.97. The van der Waals surface area contributed by atoms with Gasteiger partial charge in [0.25, 0.3) is 5.91 Å². The number of rotatable bonds is 9. The van der Waals surface area contributed by atoms with E-state index in [4.69, 9.17) is 4.74 Å². The molecule has 1 amide bonds. The summed E-state index contributed by atoms with van der Waals surface area (Å²) in [6.07, 6.45) is 4.11. The highest BCUT2D eigenvalue weighted by atomic mass is 32.2. The van der Waals surface area contributed by atoms with Crippen molar-refractivity contribution in [1.82, 2.24) is 9.21 Å². The highest BCUT2D eigenvalue weighted by molar-refractivity contribution is 7.89. The Balaban J connectivity index is 1.69. The van der Waals surface area contributed by atoms with E-state index in [1.54, 1.807) is 24.0 Å². The van der Waals surface area contributed by atoms with Crippen LogP contribution in [0.4, 0.5) is 0 Å². The van der Waals surface area contributed by atoms with E-state index < -0.39 is 10.0 Å². The Labute approximate surface area is 166 Å². The number of nitrogens with zero attached hydrogens (tertiary/aromatic N) is 2. The lowest BCUT2D eigenvalue weighted by atomic mass is 10.2. The van der Waals surface area contributed by atoms with E-state index >= 15 is 0 Å². The van der Waals surface area contributed by atoms with Gasteiger partial charge in [0.05, 0.1) is 17.9 Å². The van der Waals surface area contributed by atoms with Crippen LogP contribution >= 0.6 is 0 Å². The van der Waals surface area contributed by atoms with Crippen LogP contribution in [0.2, 0.25) is 0 Å². The molecule has 0 bridgehead atoms. The molecule has 0 unspecified atom stereocenters. The third-order valence-corrected chi connectivity index (χ3v) is 7.07. The molecule has 1 aliphatic carbocycles. The molecule has 7 nitrogen and oxygen atoms in total. The first-order valence-corrected chi connectivity index (χ1v) is 11.4. The zero-order valence-electron chi connectivity index (χ0n) is 16.3. The summed E-state index contributed by atoms with van der Waals surface area (Å²) in [7, 11) is -3.49. The van der Waals surface area contributed by atoms with Crippen molar-refractivity contribution in [2.75, 3.05) is 32.8 Å². The molecule has 1 saturated heterocycles. The van der Waals surface area contributed by atoms with Crippen LogP contribution < -0.4 is 0 Å². The van der Waals surface area contributed by atoms with Crippen molar-refractivity contribution < 1.29 is 22.7 Å². The second kappa shape index (κ2) is 9.05. The molecule has 0 aromatic heterocycles. The molecule has 0 radical (unpaired) electrons. The Hall–Kier alpha value is -1.93. The summed E-state index contributed by atoms with van der Waals surface area (Å²) in [5.74, 6) is -0.00886. The lowest BCUT2D eigenvalue weighted by molar-refractivity contribution is -0.143. The van der Waals surface area contributed by atoms with Gasteiger partial charge in [0.15, 0.2) is 0 Å². The fourth-order valence-corrected chi connectivity index (χ4v) is 4.89. The van der Waals surface area contributed by atoms with Crippen molar-refractivity contribution in [2.24, 2.45) is 5.92 Å². The lowest BCUT2D eigenvalue weighted by Crippen LogP contribution is -2.35. The van der Waals surface area contributed by atoms with Crippen molar-refractivity contribution >= 4 is 21.9 Å². The van der Waals surface area contributed by atoms with Crippen LogP contribution in [-0.4, -0.2) is 62.3 Å². The van der Waals surface area contributed by atoms with Crippen molar-refractivity contribution in [3.63, 3.8) is 0 Å². The summed E-state index contributed by atoms with van der Waals surface area (Å²) in [5, 5.41) is 0. The second-order valence-corrected chi connectivity index (χ2v) is 9.32. The zero-order chi connectivity index (χ0) is 20.1. The molecule has 3 rings (SSSR count). The molecule has 1 saturated carbocycles. The monoisotopic (exact) mass is 408 g/mol. The molecular formula is C20H28N2O5S. The smallest absolute Gasteiger partial charge is 0.307 e. The second-order valence-electron chi connectivity index (χ2n) is 7.39. The number of amides is 1. The topological polar surface area (TPSA) is 84.0 Å². The molecule has 1 aromatic rings. The lowest BCUT2D eigenvalue weighted by Gasteiger charge is -2.22. The first-order chi connectivity index (χ1) is 13.4. The Kier molecular flexibility index (Phi) is 6.72. The van der Waals surface area contributed by atoms with E-state index in [2.05, 4.69) is 0 Å². The molecule has 0 spiro atoms. The van der Waals surface area contributed by atoms with E-state index in [0.717, 1.165) is 25.7 Å². The number of hydrogen-bond acceptors (Lipinski definition) is 5. The van der Waals surface area contributed by atoms with Gasteiger partial charge in [-0.3, -0.25) is 9.59 Å². The van der Waals surface area contributed by atoms with Crippen molar-refractivity contribution in [3.8, 4) is 0 Å². The normalized spacial score (nSPS) is 17.5. The summed E-state index contributed by atoms with van der Waals surface area (Å²) in [4.78, 5) is 26.5. The Bertz CT molecular complexity index is 796. The van der Waals surface area contributed by atoms with Crippen LogP contribution in [0.5, 0.6) is 0 Å². The number of ether oxygens (including phenoxy) is 1. The van der Waals surface area contributed by atoms with Crippen LogP contribution in [0.3, 0.4) is 0 Å². The maximum atomic E-state index is 12.9. The van der Waals surface area contributed by atoms with E-state index in [0.29, 0.717) is 44.3 Å². The van der Waals surface area contributed by atoms with Gasteiger partial charge in [0, 0.05) is 31.7 Å². The molecule has 8 heteroatoms. The highest BCUT2D eigenvalue weighted by Gasteiger charge is 2.29. The molecule has 0 atom stereocenters. The summed E-state index contributed by atoms with van der Waals surface area (Å²) < 4.78 is 31.7. The number of hydrogen-bond donors (Lipinski definition) is 0. The summed E-state index contributed by atoms with van der Waals surface area (Å²) in [6, 6.07) is 6.13. The minimum absolute atomic E-state index is 0.160. The summed E-state index contributed by atoms with van der Waals surface area (Å²) >= 11 is 0. The molecule has 1 heterocycles. The summed E-state index contributed by atoms with van der Waals surface area (Å²) in [5.41, 5.74) is 0.435. The Morgan fingerprint density at radius 1 is 1.14 bits per heavy atom. The van der Waals surface area contributed by atoms with Crippen molar-refractivity contribution in [3.05, 3.63) is 29.8 Å². The largest absolute Gasteiger partial charge is 0.466 e. The van der Waals surface area contributed by atoms with Crippen molar-refractivity contribution in [1.29, 1.82) is 0 Å². The molecule has 0 N–H and O–H groups in total. The first kappa shape index (κ1) is 20.8. The molecule has 1 aliphatic heterocycles. The maximum Gasteiger partial charge on any atom is 0.307 e. The average Bonchev–Trinajstić information content (AvgIpc) is 3.32. The number of carbonyl (C=O) groups excluding carboxylic acids is 2. The van der Waals surface area contributed by atoms with Crippen LogP contribution in [0, 0.1) is 5.92 Å². The third kappa shape index (κ3) is 5.11. The fourth-order valence-electron chi connectivity index (χ4n) is 3.38. The molecule has 154 valence electrons. The van der Waals surface area contributed by atoms with Gasteiger partial charge in [-0.05, 0) is 62.8 Å².